The average molecular weight is 134 g/mol. The van der Waals surface area contributed by atoms with Crippen LogP contribution in [-0.4, -0.2) is 0 Å². The van der Waals surface area contributed by atoms with Crippen LogP contribution >= 0.6 is 15.9 Å². The Balaban J connectivity index is 3.14. The van der Waals surface area contributed by atoms with E-state index in [0.717, 1.165) is 4.48 Å². The van der Waals surface area contributed by atoms with Crippen molar-refractivity contribution in [1.82, 2.24) is 0 Å². The van der Waals surface area contributed by atoms with Gasteiger partial charge < -0.3 is 0 Å². The molecule has 0 bridgehead atoms. The minimum absolute atomic E-state index is 1.08. The lowest BCUT2D eigenvalue weighted by Crippen LogP contribution is -1.44. The van der Waals surface area contributed by atoms with Gasteiger partial charge in [0.05, 0.1) is 0 Å². The highest BCUT2D eigenvalue weighted by Gasteiger charge is 1.63. The van der Waals surface area contributed by atoms with E-state index < -0.39 is 0 Å². The van der Waals surface area contributed by atoms with Gasteiger partial charge in [-0.1, -0.05) is 22.0 Å². The van der Waals surface area contributed by atoms with Gasteiger partial charge in [0.25, 0.3) is 0 Å². The molecule has 0 aliphatic heterocycles. The van der Waals surface area contributed by atoms with E-state index >= 15 is 0 Å². The van der Waals surface area contributed by atoms with E-state index in [1.165, 1.54) is 0 Å². The van der Waals surface area contributed by atoms with Crippen LogP contribution in [0.4, 0.5) is 0 Å². The molecule has 0 aromatic carbocycles. The second kappa shape index (κ2) is 2.46. The summed E-state index contributed by atoms with van der Waals surface area (Å²) in [6, 6.07) is 0. The summed E-state index contributed by atoms with van der Waals surface area (Å²) >= 11 is 3.17. The predicted octanol–water partition coefficient (Wildman–Crippen LogP) is 2.12. The van der Waals surface area contributed by atoms with Gasteiger partial charge in [-0.25, -0.2) is 0 Å². The highest BCUT2D eigenvalue weighted by molar-refractivity contribution is 9.11. The molecular weight excluding hydrogens is 128 g/mol. The Kier molecular flexibility index (Phi) is 2.57. The Hall–Kier alpha value is 0.220. The third-order valence-corrected chi connectivity index (χ3v) is 0.605. The highest BCUT2D eigenvalue weighted by Crippen LogP contribution is 1.98. The Labute approximate surface area is 41.0 Å². The summed E-state index contributed by atoms with van der Waals surface area (Å²) in [5.41, 5.74) is 0. The van der Waals surface area contributed by atoms with Crippen molar-refractivity contribution in [2.75, 3.05) is 0 Å². The third-order valence-electron chi connectivity index (χ3n) is 0.281. The first-order valence-corrected chi connectivity index (χ1v) is 2.18. The highest BCUT2D eigenvalue weighted by atomic mass is 79.9. The van der Waals surface area contributed by atoms with Gasteiger partial charge >= 0.3 is 0 Å². The van der Waals surface area contributed by atoms with Crippen LogP contribution in [0.5, 0.6) is 0 Å². The van der Waals surface area contributed by atoms with Crippen molar-refractivity contribution in [2.45, 2.75) is 6.92 Å². The third kappa shape index (κ3) is 4.22. The lowest BCUT2D eigenvalue weighted by atomic mass is 10.6. The lowest BCUT2D eigenvalue weighted by Gasteiger charge is -1.70. The van der Waals surface area contributed by atoms with Crippen LogP contribution in [0.1, 0.15) is 6.92 Å². The fraction of sp³-hybridized carbons (Fsp3) is 0.250. The van der Waals surface area contributed by atoms with Crippen LogP contribution in [0.25, 0.3) is 0 Å². The van der Waals surface area contributed by atoms with Crippen molar-refractivity contribution in [2.24, 2.45) is 0 Å². The molecule has 1 radical (unpaired) electrons. The fourth-order valence-corrected chi connectivity index (χ4v) is 0. The summed E-state index contributed by atoms with van der Waals surface area (Å²) in [6.45, 7) is 5.41. The molecule has 0 fully saturated rings. The number of hydrogen-bond donors (Lipinski definition) is 0. The van der Waals surface area contributed by atoms with E-state index in [-0.39, 0.29) is 0 Å². The SMILES string of the molecule is [CH2]/C=C(/C)Br. The van der Waals surface area contributed by atoms with Crippen molar-refractivity contribution >= 4 is 15.9 Å². The fourth-order valence-electron chi connectivity index (χ4n) is 0. The molecule has 0 heterocycles. The molecule has 0 rings (SSSR count). The zero-order chi connectivity index (χ0) is 4.28. The Morgan fingerprint density at radius 3 is 2.20 bits per heavy atom. The van der Waals surface area contributed by atoms with E-state index in [9.17, 15) is 0 Å². The molecule has 0 unspecified atom stereocenters. The van der Waals surface area contributed by atoms with Gasteiger partial charge in [-0.05, 0) is 18.3 Å². The molecule has 0 N–H and O–H groups in total. The number of allylic oxidation sites excluding steroid dienone is 2. The van der Waals surface area contributed by atoms with E-state index in [1.807, 2.05) is 6.92 Å². The summed E-state index contributed by atoms with van der Waals surface area (Å²) in [7, 11) is 0. The van der Waals surface area contributed by atoms with Crippen molar-refractivity contribution in [3.63, 3.8) is 0 Å². The molecule has 0 amide bonds. The first-order valence-electron chi connectivity index (χ1n) is 1.39. The van der Waals surface area contributed by atoms with Crippen LogP contribution in [0, 0.1) is 6.92 Å². The van der Waals surface area contributed by atoms with Gasteiger partial charge in [0.2, 0.25) is 0 Å². The number of rotatable bonds is 0. The largest absolute Gasteiger partial charge is 0.0743 e. The van der Waals surface area contributed by atoms with Gasteiger partial charge in [0.15, 0.2) is 0 Å². The smallest absolute Gasteiger partial charge is 0.0120 e. The second-order valence-corrected chi connectivity index (χ2v) is 2.04. The van der Waals surface area contributed by atoms with Crippen molar-refractivity contribution in [3.8, 4) is 0 Å². The van der Waals surface area contributed by atoms with E-state index in [0.29, 0.717) is 0 Å². The maximum Gasteiger partial charge on any atom is -0.0120 e. The van der Waals surface area contributed by atoms with Crippen molar-refractivity contribution < 1.29 is 0 Å². The van der Waals surface area contributed by atoms with Crippen molar-refractivity contribution in [1.29, 1.82) is 0 Å². The van der Waals surface area contributed by atoms with Gasteiger partial charge in [-0.2, -0.15) is 0 Å². The summed E-state index contributed by atoms with van der Waals surface area (Å²) in [6.07, 6.45) is 1.75. The summed E-state index contributed by atoms with van der Waals surface area (Å²) < 4.78 is 1.08. The van der Waals surface area contributed by atoms with E-state index in [2.05, 4.69) is 22.9 Å². The summed E-state index contributed by atoms with van der Waals surface area (Å²) in [5.74, 6) is 0. The lowest BCUT2D eigenvalue weighted by molar-refractivity contribution is 1.70. The quantitative estimate of drug-likeness (QED) is 0.476. The number of hydrogen-bond acceptors (Lipinski definition) is 0. The van der Waals surface area contributed by atoms with Gasteiger partial charge in [-0.3, -0.25) is 0 Å². The Bertz CT molecular complexity index is 41.6. The molecule has 29 valence electrons. The Morgan fingerprint density at radius 1 is 2.00 bits per heavy atom. The first-order chi connectivity index (χ1) is 2.27. The topological polar surface area (TPSA) is 0 Å². The molecule has 0 aromatic rings. The zero-order valence-corrected chi connectivity index (χ0v) is 4.75. The zero-order valence-electron chi connectivity index (χ0n) is 3.16. The number of halogens is 1. The van der Waals surface area contributed by atoms with Crippen LogP contribution < -0.4 is 0 Å². The molecule has 0 saturated heterocycles. The van der Waals surface area contributed by atoms with Gasteiger partial charge in [0, 0.05) is 0 Å². The maximum atomic E-state index is 3.48. The monoisotopic (exact) mass is 133 g/mol. The van der Waals surface area contributed by atoms with Crippen LogP contribution in [0.15, 0.2) is 10.6 Å². The molecule has 0 saturated carbocycles. The minimum atomic E-state index is 1.08. The van der Waals surface area contributed by atoms with E-state index in [4.69, 9.17) is 0 Å². The normalized spacial score (nSPS) is 12.2. The predicted molar refractivity (Wildman–Crippen MR) is 28.0 cm³/mol. The van der Waals surface area contributed by atoms with Crippen molar-refractivity contribution in [3.05, 3.63) is 17.5 Å². The minimum Gasteiger partial charge on any atom is -0.0743 e. The van der Waals surface area contributed by atoms with Crippen LogP contribution in [-0.2, 0) is 0 Å². The average Bonchev–Trinajstić information content (AvgIpc) is 1.38. The Morgan fingerprint density at radius 2 is 2.20 bits per heavy atom. The van der Waals surface area contributed by atoms with Gasteiger partial charge in [0.1, 0.15) is 0 Å². The van der Waals surface area contributed by atoms with Crippen LogP contribution in [0.3, 0.4) is 0 Å². The molecule has 5 heavy (non-hydrogen) atoms. The molecule has 0 nitrogen and oxygen atoms in total. The second-order valence-electron chi connectivity index (χ2n) is 0.791. The standard InChI is InChI=1S/C4H6Br/c1-3-4(2)5/h3H,1H2,2H3/b4-3-. The maximum absolute atomic E-state index is 3.48. The summed E-state index contributed by atoms with van der Waals surface area (Å²) in [5, 5.41) is 0. The van der Waals surface area contributed by atoms with E-state index in [1.54, 1.807) is 6.08 Å². The molecule has 0 aliphatic carbocycles. The first kappa shape index (κ1) is 5.22. The molecular formula is C4H6Br. The van der Waals surface area contributed by atoms with Gasteiger partial charge in [-0.15, -0.1) is 0 Å². The molecule has 0 aliphatic rings. The molecule has 0 aromatic heterocycles. The summed E-state index contributed by atoms with van der Waals surface area (Å²) in [4.78, 5) is 0. The molecule has 0 atom stereocenters. The molecule has 1 heteroatoms. The molecule has 0 spiro atoms. The van der Waals surface area contributed by atoms with Crippen LogP contribution in [0.2, 0.25) is 0 Å².